The molecule has 0 saturated carbocycles. The smallest absolute Gasteiger partial charge is 0.152 e. The SMILES string of the molecule is c1ccc2c(c1)oc1ccc3cccc4c5ccccc5n2-c1c34. The van der Waals surface area contributed by atoms with Gasteiger partial charge in [-0.3, -0.25) is 0 Å². The highest BCUT2D eigenvalue weighted by Gasteiger charge is 2.20. The van der Waals surface area contributed by atoms with E-state index in [4.69, 9.17) is 4.42 Å². The zero-order chi connectivity index (χ0) is 15.7. The molecule has 0 saturated heterocycles. The minimum atomic E-state index is 0.901. The first-order valence-electron chi connectivity index (χ1n) is 8.14. The predicted molar refractivity (Wildman–Crippen MR) is 99.2 cm³/mol. The predicted octanol–water partition coefficient (Wildman–Crippen LogP) is 6.12. The van der Waals surface area contributed by atoms with Crippen LogP contribution in [0.25, 0.3) is 49.4 Å². The minimum Gasteiger partial charge on any atom is -0.453 e. The fourth-order valence-electron chi connectivity index (χ4n) is 3.98. The summed E-state index contributed by atoms with van der Waals surface area (Å²) in [6.07, 6.45) is 0. The van der Waals surface area contributed by atoms with Crippen LogP contribution in [0.4, 0.5) is 0 Å². The number of hydrogen-bond donors (Lipinski definition) is 0. The molecule has 2 heteroatoms. The number of benzene rings is 4. The number of hydrogen-bond acceptors (Lipinski definition) is 1. The summed E-state index contributed by atoms with van der Waals surface area (Å²) < 4.78 is 8.56. The van der Waals surface area contributed by atoms with Gasteiger partial charge in [0.25, 0.3) is 0 Å². The first-order chi connectivity index (χ1) is 11.9. The number of nitrogens with zero attached hydrogens (tertiary/aromatic N) is 1. The Morgan fingerprint density at radius 2 is 1.38 bits per heavy atom. The van der Waals surface area contributed by atoms with E-state index in [9.17, 15) is 0 Å². The quantitative estimate of drug-likeness (QED) is 0.244. The van der Waals surface area contributed by atoms with Crippen molar-refractivity contribution < 1.29 is 4.42 Å². The van der Waals surface area contributed by atoms with E-state index >= 15 is 0 Å². The van der Waals surface area contributed by atoms with Crippen molar-refractivity contribution in [3.8, 4) is 5.69 Å². The second kappa shape index (κ2) is 4.18. The largest absolute Gasteiger partial charge is 0.453 e. The maximum absolute atomic E-state index is 6.22. The topological polar surface area (TPSA) is 18.1 Å². The van der Waals surface area contributed by atoms with Crippen LogP contribution in [0.2, 0.25) is 0 Å². The molecular weight excluding hydrogens is 294 g/mol. The third-order valence-electron chi connectivity index (χ3n) is 4.97. The lowest BCUT2D eigenvalue weighted by Gasteiger charge is -2.22. The summed E-state index contributed by atoms with van der Waals surface area (Å²) in [5, 5.41) is 5.06. The zero-order valence-corrected chi connectivity index (χ0v) is 12.9. The van der Waals surface area contributed by atoms with Crippen molar-refractivity contribution in [2.75, 3.05) is 0 Å². The standard InChI is InChI=1S/C22H13NO/c1-2-9-17-15(7-1)16-8-5-6-14-12-13-20-22(21(14)16)23(17)18-10-3-4-11-19(18)24-20/h1-13H. The van der Waals surface area contributed by atoms with E-state index in [2.05, 4.69) is 71.3 Å². The van der Waals surface area contributed by atoms with E-state index in [0.717, 1.165) is 22.4 Å². The van der Waals surface area contributed by atoms with E-state index in [1.165, 1.54) is 27.1 Å². The third-order valence-corrected chi connectivity index (χ3v) is 4.97. The summed E-state index contributed by atoms with van der Waals surface area (Å²) in [5.74, 6) is 0. The van der Waals surface area contributed by atoms with Gasteiger partial charge in [0, 0.05) is 10.8 Å². The van der Waals surface area contributed by atoms with Crippen LogP contribution in [0.1, 0.15) is 0 Å². The molecule has 2 aliphatic heterocycles. The van der Waals surface area contributed by atoms with Crippen molar-refractivity contribution in [2.45, 2.75) is 0 Å². The normalized spacial score (nSPS) is 12.2. The van der Waals surface area contributed by atoms with E-state index in [0.29, 0.717) is 0 Å². The molecule has 0 aliphatic carbocycles. The monoisotopic (exact) mass is 307 g/mol. The first-order valence-corrected chi connectivity index (χ1v) is 8.14. The molecule has 4 aromatic carbocycles. The summed E-state index contributed by atoms with van der Waals surface area (Å²) in [4.78, 5) is 0. The fraction of sp³-hybridized carbons (Fsp3) is 0. The lowest BCUT2D eigenvalue weighted by Crippen LogP contribution is -2.04. The lowest BCUT2D eigenvalue weighted by atomic mass is 9.97. The van der Waals surface area contributed by atoms with Crippen LogP contribution in [0.5, 0.6) is 0 Å². The van der Waals surface area contributed by atoms with Gasteiger partial charge in [-0.25, -0.2) is 0 Å². The van der Waals surface area contributed by atoms with Crippen molar-refractivity contribution in [3.05, 3.63) is 78.9 Å². The molecule has 0 amide bonds. The molecule has 24 heavy (non-hydrogen) atoms. The van der Waals surface area contributed by atoms with Gasteiger partial charge < -0.3 is 8.98 Å². The molecule has 0 N–H and O–H groups in total. The van der Waals surface area contributed by atoms with Gasteiger partial charge in [-0.1, -0.05) is 54.6 Å². The summed E-state index contributed by atoms with van der Waals surface area (Å²) in [6.45, 7) is 0. The second-order valence-electron chi connectivity index (χ2n) is 6.24. The molecule has 0 fully saturated rings. The molecule has 4 aromatic rings. The van der Waals surface area contributed by atoms with Gasteiger partial charge in [-0.2, -0.15) is 0 Å². The second-order valence-corrected chi connectivity index (χ2v) is 6.24. The van der Waals surface area contributed by atoms with Crippen molar-refractivity contribution in [1.29, 1.82) is 0 Å². The Balaban J connectivity index is 2.11. The number of rotatable bonds is 0. The van der Waals surface area contributed by atoms with Crippen LogP contribution in [-0.2, 0) is 0 Å². The van der Waals surface area contributed by atoms with Gasteiger partial charge in [0.05, 0.1) is 16.7 Å². The average molecular weight is 307 g/mol. The number of pyridine rings is 1. The zero-order valence-electron chi connectivity index (χ0n) is 12.9. The van der Waals surface area contributed by atoms with Gasteiger partial charge in [0.1, 0.15) is 0 Å². The molecule has 112 valence electrons. The van der Waals surface area contributed by atoms with E-state index in [1.807, 2.05) is 12.1 Å². The van der Waals surface area contributed by atoms with Crippen molar-refractivity contribution in [3.63, 3.8) is 0 Å². The van der Waals surface area contributed by atoms with Crippen molar-refractivity contribution >= 4 is 43.7 Å². The van der Waals surface area contributed by atoms with Crippen molar-refractivity contribution in [2.24, 2.45) is 0 Å². The van der Waals surface area contributed by atoms with E-state index in [1.54, 1.807) is 0 Å². The van der Waals surface area contributed by atoms with Crippen LogP contribution >= 0.6 is 0 Å². The van der Waals surface area contributed by atoms with Crippen LogP contribution in [0.3, 0.4) is 0 Å². The van der Waals surface area contributed by atoms with Crippen LogP contribution in [0.15, 0.2) is 83.3 Å². The summed E-state index contributed by atoms with van der Waals surface area (Å²) in [7, 11) is 0. The molecule has 2 nitrogen and oxygen atoms in total. The van der Waals surface area contributed by atoms with Gasteiger partial charge in [0.15, 0.2) is 11.2 Å². The highest BCUT2D eigenvalue weighted by Crippen LogP contribution is 2.41. The Kier molecular flexibility index (Phi) is 2.12. The van der Waals surface area contributed by atoms with Crippen LogP contribution < -0.4 is 0 Å². The minimum absolute atomic E-state index is 0.901. The van der Waals surface area contributed by atoms with E-state index in [-0.39, 0.29) is 0 Å². The van der Waals surface area contributed by atoms with Gasteiger partial charge >= 0.3 is 0 Å². The van der Waals surface area contributed by atoms with Crippen LogP contribution in [-0.4, -0.2) is 4.57 Å². The highest BCUT2D eigenvalue weighted by atomic mass is 16.3. The van der Waals surface area contributed by atoms with E-state index < -0.39 is 0 Å². The molecule has 0 bridgehead atoms. The molecule has 0 atom stereocenters. The Morgan fingerprint density at radius 1 is 0.583 bits per heavy atom. The summed E-state index contributed by atoms with van der Waals surface area (Å²) in [5.41, 5.74) is 5.28. The number of para-hydroxylation sites is 3. The Hall–Kier alpha value is -3.26. The molecule has 0 radical (unpaired) electrons. The number of fused-ring (bicyclic) bond motifs is 5. The van der Waals surface area contributed by atoms with Gasteiger partial charge in [-0.05, 0) is 35.0 Å². The number of aromatic nitrogens is 1. The van der Waals surface area contributed by atoms with Crippen molar-refractivity contribution in [1.82, 2.24) is 4.57 Å². The summed E-state index contributed by atoms with van der Waals surface area (Å²) >= 11 is 0. The molecular formula is C22H13NO. The molecule has 2 heterocycles. The maximum atomic E-state index is 6.22. The Morgan fingerprint density at radius 3 is 2.33 bits per heavy atom. The highest BCUT2D eigenvalue weighted by molar-refractivity contribution is 6.20. The molecule has 6 rings (SSSR count). The third kappa shape index (κ3) is 1.36. The first kappa shape index (κ1) is 12.2. The Labute approximate surface area is 137 Å². The lowest BCUT2D eigenvalue weighted by molar-refractivity contribution is 0.648. The average Bonchev–Trinajstić information content (AvgIpc) is 2.66. The molecule has 0 unspecified atom stereocenters. The summed E-state index contributed by atoms with van der Waals surface area (Å²) in [6, 6.07) is 27.6. The maximum Gasteiger partial charge on any atom is 0.152 e. The molecule has 2 aliphatic rings. The Bertz CT molecular complexity index is 1350. The fourth-order valence-corrected chi connectivity index (χ4v) is 3.98. The molecule has 0 spiro atoms. The van der Waals surface area contributed by atoms with Crippen LogP contribution in [0, 0.1) is 0 Å². The molecule has 0 aromatic heterocycles. The van der Waals surface area contributed by atoms with Gasteiger partial charge in [-0.15, -0.1) is 0 Å². The van der Waals surface area contributed by atoms with Gasteiger partial charge in [0.2, 0.25) is 0 Å².